The van der Waals surface area contributed by atoms with E-state index in [9.17, 15) is 9.90 Å². The number of aryl methyl sites for hydroxylation is 1. The van der Waals surface area contributed by atoms with Crippen LogP contribution in [0.25, 0.3) is 11.0 Å². The lowest BCUT2D eigenvalue weighted by atomic mass is 10.1. The van der Waals surface area contributed by atoms with E-state index in [4.69, 9.17) is 20.8 Å². The van der Waals surface area contributed by atoms with Crippen molar-refractivity contribution >= 4 is 22.6 Å². The van der Waals surface area contributed by atoms with Crippen LogP contribution in [-0.4, -0.2) is 5.11 Å². The number of benzene rings is 2. The van der Waals surface area contributed by atoms with E-state index in [1.54, 1.807) is 30.3 Å². The number of hydrogen-bond acceptors (Lipinski definition) is 4. The fourth-order valence-electron chi connectivity index (χ4n) is 2.18. The van der Waals surface area contributed by atoms with E-state index in [1.165, 1.54) is 12.3 Å². The molecular weight excluding hydrogens is 304 g/mol. The lowest BCUT2D eigenvalue weighted by Gasteiger charge is -2.07. The van der Waals surface area contributed by atoms with Crippen molar-refractivity contribution in [2.75, 3.05) is 0 Å². The molecule has 112 valence electrons. The first-order chi connectivity index (χ1) is 10.6. The van der Waals surface area contributed by atoms with Crippen LogP contribution in [0.1, 0.15) is 12.5 Å². The van der Waals surface area contributed by atoms with Crippen LogP contribution >= 0.6 is 11.6 Å². The van der Waals surface area contributed by atoms with Gasteiger partial charge in [0, 0.05) is 11.1 Å². The molecule has 0 aliphatic rings. The van der Waals surface area contributed by atoms with Crippen molar-refractivity contribution in [3.05, 3.63) is 63.5 Å². The third-order valence-electron chi connectivity index (χ3n) is 3.36. The number of aromatic hydroxyl groups is 1. The van der Waals surface area contributed by atoms with Gasteiger partial charge in [0.05, 0.1) is 5.39 Å². The van der Waals surface area contributed by atoms with Crippen LogP contribution in [0.3, 0.4) is 0 Å². The molecule has 0 saturated heterocycles. The largest absolute Gasteiger partial charge is 0.508 e. The second kappa shape index (κ2) is 5.73. The molecule has 1 N–H and O–H groups in total. The predicted octanol–water partition coefficient (Wildman–Crippen LogP) is 4.51. The summed E-state index contributed by atoms with van der Waals surface area (Å²) in [7, 11) is 0. The van der Waals surface area contributed by atoms with Gasteiger partial charge in [-0.15, -0.1) is 0 Å². The maximum Gasteiger partial charge on any atom is 0.235 e. The monoisotopic (exact) mass is 316 g/mol. The van der Waals surface area contributed by atoms with Crippen molar-refractivity contribution in [2.24, 2.45) is 0 Å². The molecule has 5 heteroatoms. The van der Waals surface area contributed by atoms with Crippen LogP contribution in [0.5, 0.6) is 17.2 Å². The molecule has 0 spiro atoms. The molecule has 3 aromatic rings. The molecule has 0 amide bonds. The second-order valence-electron chi connectivity index (χ2n) is 4.82. The summed E-state index contributed by atoms with van der Waals surface area (Å²) >= 11 is 5.81. The van der Waals surface area contributed by atoms with Crippen molar-refractivity contribution in [3.63, 3.8) is 0 Å². The molecule has 1 aromatic heterocycles. The van der Waals surface area contributed by atoms with Crippen molar-refractivity contribution < 1.29 is 14.3 Å². The normalized spacial score (nSPS) is 10.8. The highest BCUT2D eigenvalue weighted by molar-refractivity contribution is 6.30. The minimum Gasteiger partial charge on any atom is -0.508 e. The first kappa shape index (κ1) is 14.5. The van der Waals surface area contributed by atoms with E-state index in [-0.39, 0.29) is 16.9 Å². The van der Waals surface area contributed by atoms with Crippen LogP contribution in [-0.2, 0) is 6.42 Å². The van der Waals surface area contributed by atoms with E-state index >= 15 is 0 Å². The molecule has 0 unspecified atom stereocenters. The summed E-state index contributed by atoms with van der Waals surface area (Å²) in [5.41, 5.74) is 0.720. The molecule has 0 aliphatic heterocycles. The third kappa shape index (κ3) is 2.65. The summed E-state index contributed by atoms with van der Waals surface area (Å²) in [6, 6.07) is 9.76. The highest BCUT2D eigenvalue weighted by atomic mass is 35.5. The number of phenols is 1. The van der Waals surface area contributed by atoms with Gasteiger partial charge in [-0.05, 0) is 42.3 Å². The number of hydrogen-bond donors (Lipinski definition) is 1. The molecule has 4 nitrogen and oxygen atoms in total. The molecule has 0 saturated carbocycles. The molecule has 1 heterocycles. The minimum atomic E-state index is -0.286. The Morgan fingerprint density at radius 2 is 1.95 bits per heavy atom. The Hall–Kier alpha value is -2.46. The topological polar surface area (TPSA) is 59.7 Å². The van der Waals surface area contributed by atoms with Crippen LogP contribution in [0, 0.1) is 0 Å². The predicted molar refractivity (Wildman–Crippen MR) is 85.1 cm³/mol. The highest BCUT2D eigenvalue weighted by Crippen LogP contribution is 2.27. The lowest BCUT2D eigenvalue weighted by Crippen LogP contribution is -2.05. The van der Waals surface area contributed by atoms with Crippen LogP contribution in [0.4, 0.5) is 0 Å². The second-order valence-corrected chi connectivity index (χ2v) is 5.25. The number of fused-ring (bicyclic) bond motifs is 1. The molecule has 0 aliphatic carbocycles. The zero-order chi connectivity index (χ0) is 15.7. The Balaban J connectivity index is 2.07. The molecule has 0 atom stereocenters. The molecular formula is C17H13ClO4. The Labute approximate surface area is 131 Å². The standard InChI is InChI=1S/C17H13ClO4/c1-2-10-7-13-15(8-14(10)19)21-9-16(17(13)20)22-12-5-3-11(18)4-6-12/h3-9,19H,2H2,1H3. The molecule has 3 rings (SSSR count). The third-order valence-corrected chi connectivity index (χ3v) is 3.62. The van der Waals surface area contributed by atoms with E-state index < -0.39 is 0 Å². The maximum atomic E-state index is 12.5. The van der Waals surface area contributed by atoms with Gasteiger partial charge in [-0.2, -0.15) is 0 Å². The molecule has 0 fully saturated rings. The van der Waals surface area contributed by atoms with Gasteiger partial charge in [-0.25, -0.2) is 0 Å². The van der Waals surface area contributed by atoms with Crippen molar-refractivity contribution in [1.29, 1.82) is 0 Å². The average Bonchev–Trinajstić information content (AvgIpc) is 2.52. The van der Waals surface area contributed by atoms with Gasteiger partial charge in [0.2, 0.25) is 11.2 Å². The summed E-state index contributed by atoms with van der Waals surface area (Å²) in [6.45, 7) is 1.90. The number of ether oxygens (including phenoxy) is 1. The van der Waals surface area contributed by atoms with E-state index in [0.29, 0.717) is 33.7 Å². The van der Waals surface area contributed by atoms with Gasteiger partial charge in [0.15, 0.2) is 0 Å². The van der Waals surface area contributed by atoms with E-state index in [2.05, 4.69) is 0 Å². The highest BCUT2D eigenvalue weighted by Gasteiger charge is 2.12. The van der Waals surface area contributed by atoms with Gasteiger partial charge in [0.1, 0.15) is 23.3 Å². The quantitative estimate of drug-likeness (QED) is 0.772. The Morgan fingerprint density at radius 1 is 1.23 bits per heavy atom. The number of rotatable bonds is 3. The van der Waals surface area contributed by atoms with Crippen molar-refractivity contribution in [3.8, 4) is 17.2 Å². The van der Waals surface area contributed by atoms with Crippen LogP contribution in [0.2, 0.25) is 5.02 Å². The van der Waals surface area contributed by atoms with Gasteiger partial charge in [-0.1, -0.05) is 18.5 Å². The van der Waals surface area contributed by atoms with E-state index in [0.717, 1.165) is 0 Å². The van der Waals surface area contributed by atoms with Crippen molar-refractivity contribution in [1.82, 2.24) is 0 Å². The van der Waals surface area contributed by atoms with Gasteiger partial charge < -0.3 is 14.3 Å². The number of phenolic OH excluding ortho intramolecular Hbond substituents is 1. The van der Waals surface area contributed by atoms with Gasteiger partial charge in [0.25, 0.3) is 0 Å². The molecule has 22 heavy (non-hydrogen) atoms. The Kier molecular flexibility index (Phi) is 3.77. The fraction of sp³-hybridized carbons (Fsp3) is 0.118. The zero-order valence-electron chi connectivity index (χ0n) is 11.8. The summed E-state index contributed by atoms with van der Waals surface area (Å²) in [5.74, 6) is 0.692. The van der Waals surface area contributed by atoms with Crippen LogP contribution in [0.15, 0.2) is 51.9 Å². The zero-order valence-corrected chi connectivity index (χ0v) is 12.6. The Morgan fingerprint density at radius 3 is 2.64 bits per heavy atom. The first-order valence-corrected chi connectivity index (χ1v) is 7.17. The first-order valence-electron chi connectivity index (χ1n) is 6.79. The van der Waals surface area contributed by atoms with Gasteiger partial charge >= 0.3 is 0 Å². The lowest BCUT2D eigenvalue weighted by molar-refractivity contribution is 0.448. The SMILES string of the molecule is CCc1cc2c(=O)c(Oc3ccc(Cl)cc3)coc2cc1O. The average molecular weight is 317 g/mol. The summed E-state index contributed by atoms with van der Waals surface area (Å²) in [5, 5.41) is 10.8. The smallest absolute Gasteiger partial charge is 0.235 e. The fourth-order valence-corrected chi connectivity index (χ4v) is 2.30. The maximum absolute atomic E-state index is 12.5. The number of halogens is 1. The summed E-state index contributed by atoms with van der Waals surface area (Å²) < 4.78 is 10.9. The van der Waals surface area contributed by atoms with E-state index in [1.807, 2.05) is 6.92 Å². The molecule has 2 aromatic carbocycles. The minimum absolute atomic E-state index is 0.0857. The molecule has 0 radical (unpaired) electrons. The molecule has 0 bridgehead atoms. The summed E-state index contributed by atoms with van der Waals surface area (Å²) in [6.07, 6.45) is 1.85. The van der Waals surface area contributed by atoms with Crippen molar-refractivity contribution in [2.45, 2.75) is 13.3 Å². The van der Waals surface area contributed by atoms with Gasteiger partial charge in [-0.3, -0.25) is 4.79 Å². The Bertz CT molecular complexity index is 882. The van der Waals surface area contributed by atoms with Crippen LogP contribution < -0.4 is 10.2 Å². The summed E-state index contributed by atoms with van der Waals surface area (Å²) in [4.78, 5) is 12.5.